The first-order chi connectivity index (χ1) is 12.1. The van der Waals surface area contributed by atoms with Crippen molar-refractivity contribution in [3.63, 3.8) is 0 Å². The average Bonchev–Trinajstić information content (AvgIpc) is 2.88. The highest BCUT2D eigenvalue weighted by molar-refractivity contribution is 6.09. The highest BCUT2D eigenvalue weighted by Gasteiger charge is 2.51. The van der Waals surface area contributed by atoms with Crippen molar-refractivity contribution in [2.24, 2.45) is 0 Å². The van der Waals surface area contributed by atoms with Gasteiger partial charge in [0.15, 0.2) is 0 Å². The third-order valence-electron chi connectivity index (χ3n) is 5.11. The van der Waals surface area contributed by atoms with Gasteiger partial charge >= 0.3 is 12.0 Å². The standard InChI is InChI=1S/C19H24N2O4/c1-2-19(14-9-5-3-6-10-14)17(23)21(18(24)20-19)13-16(22)25-15-11-7-4-8-12-15/h3,5-6,9-10,15H,2,4,7-8,11-13H2,1H3,(H,20,24)/t19-/m0/s1. The molecule has 0 unspecified atom stereocenters. The molecule has 1 aromatic rings. The number of nitrogens with one attached hydrogen (secondary N) is 1. The minimum absolute atomic E-state index is 0.0907. The van der Waals surface area contributed by atoms with Crippen LogP contribution >= 0.6 is 0 Å². The number of benzene rings is 1. The van der Waals surface area contributed by atoms with Gasteiger partial charge in [0, 0.05) is 0 Å². The summed E-state index contributed by atoms with van der Waals surface area (Å²) in [6.45, 7) is 1.50. The first-order valence-electron chi connectivity index (χ1n) is 8.96. The van der Waals surface area contributed by atoms with Crippen LogP contribution in [0.5, 0.6) is 0 Å². The van der Waals surface area contributed by atoms with Crippen molar-refractivity contribution in [1.82, 2.24) is 10.2 Å². The fourth-order valence-electron chi connectivity index (χ4n) is 3.67. The Morgan fingerprint density at radius 1 is 1.20 bits per heavy atom. The first kappa shape index (κ1) is 17.5. The lowest BCUT2D eigenvalue weighted by Crippen LogP contribution is -2.44. The van der Waals surface area contributed by atoms with Crippen LogP contribution in [0.2, 0.25) is 0 Å². The highest BCUT2D eigenvalue weighted by atomic mass is 16.5. The SMILES string of the molecule is CC[C@@]1(c2ccccc2)NC(=O)N(CC(=O)OC2CCCCC2)C1=O. The molecule has 1 aromatic carbocycles. The molecular weight excluding hydrogens is 320 g/mol. The Kier molecular flexibility index (Phi) is 5.06. The highest BCUT2D eigenvalue weighted by Crippen LogP contribution is 2.32. The second-order valence-corrected chi connectivity index (χ2v) is 6.70. The molecule has 1 atom stereocenters. The van der Waals surface area contributed by atoms with Crippen molar-refractivity contribution in [1.29, 1.82) is 0 Å². The molecule has 6 nitrogen and oxygen atoms in total. The largest absolute Gasteiger partial charge is 0.461 e. The van der Waals surface area contributed by atoms with E-state index in [2.05, 4.69) is 5.32 Å². The van der Waals surface area contributed by atoms with E-state index in [9.17, 15) is 14.4 Å². The van der Waals surface area contributed by atoms with E-state index in [1.54, 1.807) is 0 Å². The maximum atomic E-state index is 12.9. The molecule has 3 amide bonds. The van der Waals surface area contributed by atoms with Gasteiger partial charge in [-0.25, -0.2) is 4.79 Å². The summed E-state index contributed by atoms with van der Waals surface area (Å²) >= 11 is 0. The van der Waals surface area contributed by atoms with E-state index >= 15 is 0 Å². The molecule has 134 valence electrons. The number of urea groups is 1. The molecule has 25 heavy (non-hydrogen) atoms. The molecule has 6 heteroatoms. The summed E-state index contributed by atoms with van der Waals surface area (Å²) in [5.41, 5.74) is -0.386. The van der Waals surface area contributed by atoms with Crippen LogP contribution in [-0.4, -0.2) is 35.5 Å². The maximum absolute atomic E-state index is 12.9. The number of nitrogens with zero attached hydrogens (tertiary/aromatic N) is 1. The zero-order valence-corrected chi connectivity index (χ0v) is 14.5. The smallest absolute Gasteiger partial charge is 0.326 e. The maximum Gasteiger partial charge on any atom is 0.326 e. The first-order valence-corrected chi connectivity index (χ1v) is 8.96. The molecule has 2 fully saturated rings. The van der Waals surface area contributed by atoms with Crippen LogP contribution in [0, 0.1) is 0 Å². The van der Waals surface area contributed by atoms with Crippen LogP contribution in [0.15, 0.2) is 30.3 Å². The van der Waals surface area contributed by atoms with Crippen LogP contribution in [0.25, 0.3) is 0 Å². The summed E-state index contributed by atoms with van der Waals surface area (Å²) in [6.07, 6.45) is 5.30. The predicted molar refractivity (Wildman–Crippen MR) is 91.6 cm³/mol. The van der Waals surface area contributed by atoms with Gasteiger partial charge in [0.1, 0.15) is 18.2 Å². The number of carbonyl (C=O) groups excluding carboxylic acids is 3. The summed E-state index contributed by atoms with van der Waals surface area (Å²) < 4.78 is 5.44. The van der Waals surface area contributed by atoms with E-state index in [0.29, 0.717) is 6.42 Å². The van der Waals surface area contributed by atoms with Crippen LogP contribution in [0.3, 0.4) is 0 Å². The molecular formula is C19H24N2O4. The molecule has 0 bridgehead atoms. The van der Waals surface area contributed by atoms with Crippen molar-refractivity contribution in [3.05, 3.63) is 35.9 Å². The van der Waals surface area contributed by atoms with Crippen molar-refractivity contribution >= 4 is 17.9 Å². The molecule has 1 saturated carbocycles. The number of imide groups is 1. The summed E-state index contributed by atoms with van der Waals surface area (Å²) in [4.78, 5) is 38.5. The molecule has 1 heterocycles. The molecule has 3 rings (SSSR count). The molecule has 0 radical (unpaired) electrons. The van der Waals surface area contributed by atoms with E-state index in [1.807, 2.05) is 37.3 Å². The number of hydrogen-bond acceptors (Lipinski definition) is 4. The zero-order chi connectivity index (χ0) is 17.9. The monoisotopic (exact) mass is 344 g/mol. The van der Waals surface area contributed by atoms with E-state index in [1.165, 1.54) is 0 Å². The normalized spacial score (nSPS) is 24.3. The van der Waals surface area contributed by atoms with Gasteiger partial charge in [0.25, 0.3) is 5.91 Å². The average molecular weight is 344 g/mol. The summed E-state index contributed by atoms with van der Waals surface area (Å²) in [5.74, 6) is -0.915. The number of hydrogen-bond donors (Lipinski definition) is 1. The minimum atomic E-state index is -1.11. The summed E-state index contributed by atoms with van der Waals surface area (Å²) in [6, 6.07) is 8.58. The van der Waals surface area contributed by atoms with E-state index in [0.717, 1.165) is 42.6 Å². The van der Waals surface area contributed by atoms with Crippen molar-refractivity contribution in [3.8, 4) is 0 Å². The van der Waals surface area contributed by atoms with Gasteiger partial charge in [-0.05, 0) is 37.7 Å². The van der Waals surface area contributed by atoms with Gasteiger partial charge in [-0.15, -0.1) is 0 Å². The van der Waals surface area contributed by atoms with Gasteiger partial charge in [-0.2, -0.15) is 0 Å². The Labute approximate surface area is 147 Å². The molecule has 1 aliphatic carbocycles. The third kappa shape index (κ3) is 3.38. The lowest BCUT2D eigenvalue weighted by Gasteiger charge is -2.26. The fraction of sp³-hybridized carbons (Fsp3) is 0.526. The summed E-state index contributed by atoms with van der Waals surface area (Å²) in [5, 5.41) is 2.77. The number of carbonyl (C=O) groups is 3. The number of amides is 3. The number of ether oxygens (including phenoxy) is 1. The quantitative estimate of drug-likeness (QED) is 0.658. The second-order valence-electron chi connectivity index (χ2n) is 6.70. The lowest BCUT2D eigenvalue weighted by atomic mass is 9.87. The lowest BCUT2D eigenvalue weighted by molar-refractivity contribution is -0.153. The second kappa shape index (κ2) is 7.25. The number of esters is 1. The van der Waals surface area contributed by atoms with Crippen molar-refractivity contribution in [2.75, 3.05) is 6.54 Å². The third-order valence-corrected chi connectivity index (χ3v) is 5.11. The van der Waals surface area contributed by atoms with Gasteiger partial charge < -0.3 is 10.1 Å². The molecule has 0 aromatic heterocycles. The zero-order valence-electron chi connectivity index (χ0n) is 14.5. The van der Waals surface area contributed by atoms with Gasteiger partial charge in [-0.3, -0.25) is 14.5 Å². The van der Waals surface area contributed by atoms with Gasteiger partial charge in [0.05, 0.1) is 0 Å². The minimum Gasteiger partial charge on any atom is -0.461 e. The van der Waals surface area contributed by atoms with Crippen LogP contribution < -0.4 is 5.32 Å². The molecule has 2 aliphatic rings. The fourth-order valence-corrected chi connectivity index (χ4v) is 3.67. The van der Waals surface area contributed by atoms with Crippen LogP contribution in [0.4, 0.5) is 4.79 Å². The molecule has 1 N–H and O–H groups in total. The van der Waals surface area contributed by atoms with Gasteiger partial charge in [-0.1, -0.05) is 43.7 Å². The Balaban J connectivity index is 1.71. The molecule has 0 spiro atoms. The molecule has 1 saturated heterocycles. The Bertz CT molecular complexity index is 655. The van der Waals surface area contributed by atoms with E-state index < -0.39 is 23.4 Å². The van der Waals surface area contributed by atoms with Crippen molar-refractivity contribution < 1.29 is 19.1 Å². The van der Waals surface area contributed by atoms with Crippen LogP contribution in [0.1, 0.15) is 51.0 Å². The summed E-state index contributed by atoms with van der Waals surface area (Å²) in [7, 11) is 0. The van der Waals surface area contributed by atoms with Crippen LogP contribution in [-0.2, 0) is 19.9 Å². The Morgan fingerprint density at radius 3 is 2.52 bits per heavy atom. The van der Waals surface area contributed by atoms with Gasteiger partial charge in [0.2, 0.25) is 0 Å². The number of rotatable bonds is 5. The Hall–Kier alpha value is -2.37. The van der Waals surface area contributed by atoms with E-state index in [4.69, 9.17) is 4.74 Å². The predicted octanol–water partition coefficient (Wildman–Crippen LogP) is 2.72. The molecule has 1 aliphatic heterocycles. The van der Waals surface area contributed by atoms with E-state index in [-0.39, 0.29) is 12.6 Å². The van der Waals surface area contributed by atoms with Crippen molar-refractivity contribution in [2.45, 2.75) is 57.1 Å². The topological polar surface area (TPSA) is 75.7 Å². The Morgan fingerprint density at radius 2 is 1.88 bits per heavy atom.